The van der Waals surface area contributed by atoms with Crippen LogP contribution in [0.5, 0.6) is 0 Å². The molecule has 1 aromatic heterocycles. The summed E-state index contributed by atoms with van der Waals surface area (Å²) in [5.41, 5.74) is -0.919. The molecule has 0 aromatic carbocycles. The van der Waals surface area contributed by atoms with Crippen molar-refractivity contribution >= 4 is 20.8 Å². The van der Waals surface area contributed by atoms with Gasteiger partial charge in [-0.15, -0.1) is 11.8 Å². The zero-order valence-electron chi connectivity index (χ0n) is 15.3. The number of aromatic amines is 1. The van der Waals surface area contributed by atoms with Gasteiger partial charge in [-0.2, -0.15) is 0 Å². The monoisotopic (exact) mass is 417 g/mol. The van der Waals surface area contributed by atoms with Crippen molar-refractivity contribution in [2.75, 3.05) is 33.5 Å². The van der Waals surface area contributed by atoms with Crippen molar-refractivity contribution in [1.82, 2.24) is 9.55 Å². The predicted molar refractivity (Wildman–Crippen MR) is 104 cm³/mol. The lowest BCUT2D eigenvalue weighted by Crippen LogP contribution is -2.39. The molecule has 2 rings (SSSR count). The van der Waals surface area contributed by atoms with Gasteiger partial charge in [0.1, 0.15) is 24.2 Å². The molecule has 150 valence electrons. The Kier molecular flexibility index (Phi) is 9.48. The van der Waals surface area contributed by atoms with Gasteiger partial charge in [-0.25, -0.2) is 11.4 Å². The Balaban J connectivity index is 2.17. The summed E-state index contributed by atoms with van der Waals surface area (Å²) in [4.78, 5) is 29.2. The number of rotatable bonds is 11. The van der Waals surface area contributed by atoms with Gasteiger partial charge in [0.15, 0.2) is 9.03 Å². The van der Waals surface area contributed by atoms with Gasteiger partial charge in [0, 0.05) is 24.6 Å². The molecule has 1 aromatic rings. The third-order valence-electron chi connectivity index (χ3n) is 3.96. The minimum Gasteiger partial charge on any atom is -0.382 e. The molecule has 1 fully saturated rings. The van der Waals surface area contributed by atoms with Crippen LogP contribution in [0.15, 0.2) is 21.9 Å². The second-order valence-electron chi connectivity index (χ2n) is 5.71. The summed E-state index contributed by atoms with van der Waals surface area (Å²) >= 11 is 1.58. The summed E-state index contributed by atoms with van der Waals surface area (Å²) in [6, 6.07) is 1.32. The minimum atomic E-state index is -0.480. The van der Waals surface area contributed by atoms with Gasteiger partial charge in [-0.1, -0.05) is 6.92 Å². The molecular formula is C16H24N3O6PS. The van der Waals surface area contributed by atoms with Crippen LogP contribution in [0, 0.1) is 6.57 Å². The number of nitrogens with one attached hydrogen (secondary N) is 1. The normalized spacial score (nSPS) is 25.2. The molecule has 2 unspecified atom stereocenters. The third-order valence-corrected chi connectivity index (χ3v) is 6.37. The zero-order chi connectivity index (χ0) is 19.6. The fourth-order valence-electron chi connectivity index (χ4n) is 2.70. The molecule has 11 heteroatoms. The number of thioether (sulfide) groups is 1. The summed E-state index contributed by atoms with van der Waals surface area (Å²) in [7, 11) is 1.38. The molecular weight excluding hydrogens is 393 g/mol. The second-order valence-corrected chi connectivity index (χ2v) is 7.77. The van der Waals surface area contributed by atoms with Crippen molar-refractivity contribution in [3.05, 3.63) is 44.5 Å². The maximum Gasteiger partial charge on any atom is 0.329 e. The van der Waals surface area contributed by atoms with E-state index in [1.165, 1.54) is 16.8 Å². The standard InChI is InChI=1S/C16H24N3O6PS/c1-4-11-13(25-26-24-8-6-17-2)14(23-10-9-22-3)15(27-11)19-7-5-12(20)18-16(19)21/h5,7,11,13-15,26H,4,6,8-10H2,1,3H3,(H,18,20,21)/t11-,13?,14+,15-/m1/s1. The van der Waals surface area contributed by atoms with Gasteiger partial charge in [0.05, 0.1) is 13.2 Å². The van der Waals surface area contributed by atoms with E-state index in [0.29, 0.717) is 19.8 Å². The molecule has 0 aliphatic carbocycles. The maximum atomic E-state index is 12.3. The number of hydrogen-bond donors (Lipinski definition) is 1. The molecule has 0 radical (unpaired) electrons. The van der Waals surface area contributed by atoms with Gasteiger partial charge in [0.25, 0.3) is 5.56 Å². The van der Waals surface area contributed by atoms with E-state index < -0.39 is 17.4 Å². The number of methoxy groups -OCH3 is 1. The van der Waals surface area contributed by atoms with Crippen LogP contribution < -0.4 is 11.2 Å². The molecule has 1 aliphatic rings. The topological polar surface area (TPSA) is 96.1 Å². The molecule has 1 N–H and O–H groups in total. The summed E-state index contributed by atoms with van der Waals surface area (Å²) in [6.07, 6.45) is 1.61. The molecule has 27 heavy (non-hydrogen) atoms. The average molecular weight is 417 g/mol. The summed E-state index contributed by atoms with van der Waals surface area (Å²) in [6.45, 7) is 10.2. The van der Waals surface area contributed by atoms with Crippen LogP contribution in [0.1, 0.15) is 18.7 Å². The number of nitrogens with zero attached hydrogens (tertiary/aromatic N) is 2. The van der Waals surface area contributed by atoms with Crippen LogP contribution in [-0.2, 0) is 18.5 Å². The molecule has 0 saturated carbocycles. The van der Waals surface area contributed by atoms with Gasteiger partial charge in [-0.05, 0) is 6.42 Å². The van der Waals surface area contributed by atoms with Gasteiger partial charge in [-0.3, -0.25) is 14.3 Å². The van der Waals surface area contributed by atoms with Crippen molar-refractivity contribution < 1.29 is 18.5 Å². The Morgan fingerprint density at radius 2 is 2.15 bits per heavy atom. The molecule has 1 saturated heterocycles. The largest absolute Gasteiger partial charge is 0.382 e. The average Bonchev–Trinajstić information content (AvgIpc) is 2.99. The van der Waals surface area contributed by atoms with Crippen LogP contribution in [0.2, 0.25) is 0 Å². The first kappa shape index (κ1) is 22.1. The first-order chi connectivity index (χ1) is 13.1. The van der Waals surface area contributed by atoms with E-state index in [1.807, 2.05) is 6.92 Å². The first-order valence-electron chi connectivity index (χ1n) is 8.55. The summed E-state index contributed by atoms with van der Waals surface area (Å²) < 4.78 is 23.8. The van der Waals surface area contributed by atoms with Crippen LogP contribution in [-0.4, -0.2) is 60.5 Å². The van der Waals surface area contributed by atoms with Crippen molar-refractivity contribution in [2.24, 2.45) is 0 Å². The smallest absolute Gasteiger partial charge is 0.329 e. The highest BCUT2D eigenvalue weighted by atomic mass is 32.2. The SMILES string of the molecule is [C-]#[N+]CCOPOC1[C@@H](CC)S[C@@H](n2ccc(=O)[nH]c2=O)[C@H]1OCCOC. The fraction of sp³-hybridized carbons (Fsp3) is 0.688. The Morgan fingerprint density at radius 3 is 2.81 bits per heavy atom. The molecule has 5 atom stereocenters. The molecule has 2 heterocycles. The summed E-state index contributed by atoms with van der Waals surface area (Å²) in [5.74, 6) is 0. The van der Waals surface area contributed by atoms with Crippen molar-refractivity contribution in [3.8, 4) is 0 Å². The van der Waals surface area contributed by atoms with Crippen LogP contribution in [0.4, 0.5) is 0 Å². The summed E-state index contributed by atoms with van der Waals surface area (Å²) in [5, 5.41) is -0.243. The second kappa shape index (κ2) is 11.6. The number of H-pyrrole nitrogens is 1. The van der Waals surface area contributed by atoms with Gasteiger partial charge in [0.2, 0.25) is 6.54 Å². The van der Waals surface area contributed by atoms with Crippen molar-refractivity contribution in [1.29, 1.82) is 0 Å². The van der Waals surface area contributed by atoms with E-state index in [1.54, 1.807) is 18.9 Å². The lowest BCUT2D eigenvalue weighted by molar-refractivity contribution is -0.0438. The molecule has 1 aliphatic heterocycles. The Bertz CT molecular complexity index is 736. The quantitative estimate of drug-likeness (QED) is 0.330. The van der Waals surface area contributed by atoms with Crippen LogP contribution in [0.3, 0.4) is 0 Å². The highest BCUT2D eigenvalue weighted by Gasteiger charge is 2.46. The molecule has 0 amide bonds. The Hall–Kier alpha value is -1.21. The predicted octanol–water partition coefficient (Wildman–Crippen LogP) is 1.42. The van der Waals surface area contributed by atoms with Crippen LogP contribution >= 0.6 is 20.8 Å². The highest BCUT2D eigenvalue weighted by Crippen LogP contribution is 2.47. The minimum absolute atomic E-state index is 0.0957. The fourth-order valence-corrected chi connectivity index (χ4v) is 5.05. The van der Waals surface area contributed by atoms with Gasteiger partial charge >= 0.3 is 5.69 Å². The van der Waals surface area contributed by atoms with Crippen LogP contribution in [0.25, 0.3) is 4.85 Å². The molecule has 0 bridgehead atoms. The number of ether oxygens (including phenoxy) is 2. The van der Waals surface area contributed by atoms with E-state index in [2.05, 4.69) is 9.83 Å². The lowest BCUT2D eigenvalue weighted by atomic mass is 10.1. The zero-order valence-corrected chi connectivity index (χ0v) is 17.1. The van der Waals surface area contributed by atoms with E-state index in [4.69, 9.17) is 25.1 Å². The molecule has 9 nitrogen and oxygen atoms in total. The lowest BCUT2D eigenvalue weighted by Gasteiger charge is -2.26. The molecule has 0 spiro atoms. The third kappa shape index (κ3) is 6.14. The maximum absolute atomic E-state index is 12.3. The van der Waals surface area contributed by atoms with Crippen molar-refractivity contribution in [3.63, 3.8) is 0 Å². The van der Waals surface area contributed by atoms with Gasteiger partial charge < -0.3 is 23.4 Å². The van der Waals surface area contributed by atoms with Crippen molar-refractivity contribution in [2.45, 2.75) is 36.2 Å². The first-order valence-corrected chi connectivity index (χ1v) is 10.3. The van der Waals surface area contributed by atoms with E-state index in [-0.39, 0.29) is 32.3 Å². The van der Waals surface area contributed by atoms with E-state index >= 15 is 0 Å². The van der Waals surface area contributed by atoms with E-state index in [9.17, 15) is 9.59 Å². The Labute approximate surface area is 163 Å². The Morgan fingerprint density at radius 1 is 1.33 bits per heavy atom. The highest BCUT2D eigenvalue weighted by molar-refractivity contribution is 8.00. The number of aromatic nitrogens is 2. The van der Waals surface area contributed by atoms with E-state index in [0.717, 1.165) is 6.42 Å². The number of hydrogen-bond acceptors (Lipinski definition) is 7.